The molecule has 1 aliphatic heterocycles. The number of nitrogens with zero attached hydrogens (tertiary/aromatic N) is 4. The quantitative estimate of drug-likeness (QED) is 0.625. The summed E-state index contributed by atoms with van der Waals surface area (Å²) in [4.78, 5) is 21.4. The van der Waals surface area contributed by atoms with Gasteiger partial charge < -0.3 is 9.84 Å². The van der Waals surface area contributed by atoms with Gasteiger partial charge in [0.2, 0.25) is 21.7 Å². The molecule has 1 amide bonds. The number of pyridine rings is 1. The molecule has 31 heavy (non-hydrogen) atoms. The Kier molecular flexibility index (Phi) is 5.73. The van der Waals surface area contributed by atoms with Crippen molar-refractivity contribution in [2.24, 2.45) is 5.92 Å². The molecule has 162 valence electrons. The molecule has 0 spiro atoms. The van der Waals surface area contributed by atoms with Gasteiger partial charge in [-0.05, 0) is 42.7 Å². The average Bonchev–Trinajstić information content (AvgIpc) is 3.38. The van der Waals surface area contributed by atoms with E-state index in [1.807, 2.05) is 19.9 Å². The van der Waals surface area contributed by atoms with E-state index in [1.54, 1.807) is 42.7 Å². The molecular weight excluding hydrogens is 418 g/mol. The summed E-state index contributed by atoms with van der Waals surface area (Å²) < 4.78 is 31.2. The zero-order valence-electron chi connectivity index (χ0n) is 17.2. The molecule has 3 aromatic rings. The maximum Gasteiger partial charge on any atom is 0.252 e. The van der Waals surface area contributed by atoms with Crippen molar-refractivity contribution in [3.05, 3.63) is 60.2 Å². The second kappa shape index (κ2) is 8.46. The van der Waals surface area contributed by atoms with Crippen molar-refractivity contribution in [1.82, 2.24) is 20.4 Å². The molecule has 0 saturated carbocycles. The maximum atomic E-state index is 13.0. The monoisotopic (exact) mass is 441 g/mol. The first-order chi connectivity index (χ1) is 14.8. The highest BCUT2D eigenvalue weighted by Gasteiger charge is 2.29. The van der Waals surface area contributed by atoms with Gasteiger partial charge in [0.25, 0.3) is 5.91 Å². The number of carbonyl (C=O) groups is 1. The van der Waals surface area contributed by atoms with Crippen LogP contribution in [0.4, 0.5) is 5.69 Å². The molecule has 0 radical (unpaired) electrons. The van der Waals surface area contributed by atoms with Crippen LogP contribution in [-0.4, -0.2) is 41.7 Å². The topological polar surface area (TPSA) is 118 Å². The molecule has 1 fully saturated rings. The number of nitrogens with one attached hydrogen (secondary N) is 1. The van der Waals surface area contributed by atoms with Gasteiger partial charge in [0.05, 0.1) is 11.4 Å². The Bertz CT molecular complexity index is 1180. The zero-order valence-corrected chi connectivity index (χ0v) is 18.0. The number of hydrogen-bond donors (Lipinski definition) is 1. The van der Waals surface area contributed by atoms with Crippen molar-refractivity contribution in [3.8, 4) is 11.4 Å². The molecular formula is C21H23N5O4S. The van der Waals surface area contributed by atoms with Crippen LogP contribution in [-0.2, 0) is 10.0 Å². The van der Waals surface area contributed by atoms with E-state index in [1.165, 1.54) is 4.31 Å². The fourth-order valence-corrected chi connectivity index (χ4v) is 5.00. The molecule has 3 heterocycles. The highest BCUT2D eigenvalue weighted by Crippen LogP contribution is 2.26. The van der Waals surface area contributed by atoms with E-state index < -0.39 is 16.1 Å². The standard InChI is InChI=1S/C21H23N5O4S/c1-14(2)18(21-24-19(25-30-21)16-7-4-9-22-13-16)23-20(27)15-6-3-8-17(12-15)26-10-5-11-31(26,28)29/h3-4,6-9,12-14,18H,5,10-11H2,1-2H3,(H,23,27)/t18-/m0/s1. The van der Waals surface area contributed by atoms with Gasteiger partial charge in [0.1, 0.15) is 6.04 Å². The number of hydrogen-bond acceptors (Lipinski definition) is 7. The van der Waals surface area contributed by atoms with E-state index in [9.17, 15) is 13.2 Å². The Morgan fingerprint density at radius 1 is 1.23 bits per heavy atom. The second-order valence-electron chi connectivity index (χ2n) is 7.69. The van der Waals surface area contributed by atoms with Crippen molar-refractivity contribution in [2.45, 2.75) is 26.3 Å². The van der Waals surface area contributed by atoms with Crippen LogP contribution in [0, 0.1) is 5.92 Å². The molecule has 1 aliphatic rings. The van der Waals surface area contributed by atoms with Gasteiger partial charge in [-0.2, -0.15) is 4.98 Å². The molecule has 2 aromatic heterocycles. The Labute approximate surface area is 180 Å². The molecule has 9 nitrogen and oxygen atoms in total. The van der Waals surface area contributed by atoms with Crippen molar-refractivity contribution in [2.75, 3.05) is 16.6 Å². The summed E-state index contributed by atoms with van der Waals surface area (Å²) >= 11 is 0. The van der Waals surface area contributed by atoms with E-state index >= 15 is 0 Å². The number of rotatable bonds is 6. The van der Waals surface area contributed by atoms with Gasteiger partial charge in [0, 0.05) is 30.1 Å². The number of carbonyl (C=O) groups excluding carboxylic acids is 1. The summed E-state index contributed by atoms with van der Waals surface area (Å²) in [6.45, 7) is 4.29. The highest BCUT2D eigenvalue weighted by atomic mass is 32.2. The lowest BCUT2D eigenvalue weighted by Gasteiger charge is -2.20. The molecule has 10 heteroatoms. The predicted molar refractivity (Wildman–Crippen MR) is 115 cm³/mol. The van der Waals surface area contributed by atoms with Crippen LogP contribution in [0.3, 0.4) is 0 Å². The zero-order chi connectivity index (χ0) is 22.0. The predicted octanol–water partition coefficient (Wildman–Crippen LogP) is 2.80. The van der Waals surface area contributed by atoms with Crippen LogP contribution in [0.5, 0.6) is 0 Å². The van der Waals surface area contributed by atoms with Gasteiger partial charge in [-0.25, -0.2) is 8.42 Å². The maximum absolute atomic E-state index is 13.0. The van der Waals surface area contributed by atoms with E-state index in [4.69, 9.17) is 4.52 Å². The van der Waals surface area contributed by atoms with Gasteiger partial charge in [-0.15, -0.1) is 0 Å². The van der Waals surface area contributed by atoms with Crippen LogP contribution >= 0.6 is 0 Å². The smallest absolute Gasteiger partial charge is 0.252 e. The minimum atomic E-state index is -3.32. The first-order valence-corrected chi connectivity index (χ1v) is 11.6. The molecule has 4 rings (SSSR count). The average molecular weight is 442 g/mol. The SMILES string of the molecule is CC(C)[C@H](NC(=O)c1cccc(N2CCCS2(=O)=O)c1)c1nc(-c2cccnc2)no1. The fraction of sp³-hybridized carbons (Fsp3) is 0.333. The Hall–Kier alpha value is -3.27. The van der Waals surface area contributed by atoms with Gasteiger partial charge in [-0.1, -0.05) is 25.1 Å². The second-order valence-corrected chi connectivity index (χ2v) is 9.70. The number of sulfonamides is 1. The van der Waals surface area contributed by atoms with Crippen molar-refractivity contribution < 1.29 is 17.7 Å². The summed E-state index contributed by atoms with van der Waals surface area (Å²) in [6, 6.07) is 9.69. The summed E-state index contributed by atoms with van der Waals surface area (Å²) in [6.07, 6.45) is 3.86. The van der Waals surface area contributed by atoms with Crippen LogP contribution in [0.2, 0.25) is 0 Å². The lowest BCUT2D eigenvalue weighted by atomic mass is 10.0. The van der Waals surface area contributed by atoms with E-state index in [-0.39, 0.29) is 17.6 Å². The third kappa shape index (κ3) is 4.43. The number of aromatic nitrogens is 3. The number of amides is 1. The van der Waals surface area contributed by atoms with Crippen LogP contribution in [0.15, 0.2) is 53.3 Å². The summed E-state index contributed by atoms with van der Waals surface area (Å²) in [5.41, 5.74) is 1.56. The van der Waals surface area contributed by atoms with E-state index in [0.717, 1.165) is 0 Å². The largest absolute Gasteiger partial charge is 0.340 e. The van der Waals surface area contributed by atoms with Gasteiger partial charge in [0.15, 0.2) is 0 Å². The lowest BCUT2D eigenvalue weighted by Crippen LogP contribution is -2.32. The number of anilines is 1. The molecule has 1 N–H and O–H groups in total. The van der Waals surface area contributed by atoms with Gasteiger partial charge >= 0.3 is 0 Å². The highest BCUT2D eigenvalue weighted by molar-refractivity contribution is 7.93. The van der Waals surface area contributed by atoms with E-state index in [0.29, 0.717) is 41.5 Å². The Balaban J connectivity index is 1.55. The minimum Gasteiger partial charge on any atom is -0.340 e. The molecule has 1 atom stereocenters. The Morgan fingerprint density at radius 2 is 2.06 bits per heavy atom. The summed E-state index contributed by atoms with van der Waals surface area (Å²) in [5.74, 6) is 0.436. The third-order valence-electron chi connectivity index (χ3n) is 5.08. The number of benzene rings is 1. The molecule has 0 aliphatic carbocycles. The van der Waals surface area contributed by atoms with Crippen LogP contribution in [0.1, 0.15) is 42.6 Å². The molecule has 1 aromatic carbocycles. The molecule has 1 saturated heterocycles. The van der Waals surface area contributed by atoms with Crippen molar-refractivity contribution in [1.29, 1.82) is 0 Å². The fourth-order valence-electron chi connectivity index (χ4n) is 3.44. The third-order valence-corrected chi connectivity index (χ3v) is 6.95. The normalized spacial score (nSPS) is 16.4. The summed E-state index contributed by atoms with van der Waals surface area (Å²) in [5, 5.41) is 6.93. The Morgan fingerprint density at radius 3 is 2.74 bits per heavy atom. The minimum absolute atomic E-state index is 0.0201. The lowest BCUT2D eigenvalue weighted by molar-refractivity contribution is 0.0914. The van der Waals surface area contributed by atoms with E-state index in [2.05, 4.69) is 20.4 Å². The van der Waals surface area contributed by atoms with Crippen LogP contribution < -0.4 is 9.62 Å². The first kappa shape index (κ1) is 21.0. The molecule has 0 bridgehead atoms. The first-order valence-electron chi connectivity index (χ1n) is 10.0. The van der Waals surface area contributed by atoms with Gasteiger partial charge in [-0.3, -0.25) is 14.1 Å². The summed E-state index contributed by atoms with van der Waals surface area (Å²) in [7, 11) is -3.32. The van der Waals surface area contributed by atoms with Crippen molar-refractivity contribution >= 4 is 21.6 Å². The van der Waals surface area contributed by atoms with Crippen LogP contribution in [0.25, 0.3) is 11.4 Å². The molecule has 0 unspecified atom stereocenters. The van der Waals surface area contributed by atoms with Crippen molar-refractivity contribution in [3.63, 3.8) is 0 Å².